The molecular formula is C29H23NO7. The molecule has 2 amide bonds. The number of ketones is 2. The summed E-state index contributed by atoms with van der Waals surface area (Å²) in [6.07, 6.45) is -0.981. The van der Waals surface area contributed by atoms with Crippen molar-refractivity contribution in [1.82, 2.24) is 0 Å². The third-order valence-corrected chi connectivity index (χ3v) is 7.55. The van der Waals surface area contributed by atoms with Gasteiger partial charge in [0.1, 0.15) is 11.5 Å². The molecule has 3 aromatic carbocycles. The molecular weight excluding hydrogens is 474 g/mol. The lowest BCUT2D eigenvalue weighted by atomic mass is 9.77. The zero-order valence-electron chi connectivity index (χ0n) is 20.4. The second-order valence-corrected chi connectivity index (χ2v) is 9.44. The quantitative estimate of drug-likeness (QED) is 0.400. The number of fused-ring (bicyclic) bond motifs is 3. The lowest BCUT2D eigenvalue weighted by molar-refractivity contribution is -0.127. The van der Waals surface area contributed by atoms with Crippen molar-refractivity contribution >= 4 is 29.1 Å². The number of hydrogen-bond acceptors (Lipinski definition) is 7. The Morgan fingerprint density at radius 3 is 2.05 bits per heavy atom. The standard InChI is InChI=1S/C29H23NO7/c1-15-8-10-16(11-9-15)24-22-23(29(37-24)25(31)18-6-4-5-7-19(18)26(29)32)28(34)30(27(22)33)20-14-17(35-2)12-13-21(20)36-3/h4-14,22-24H,1-3H3/t22-,23-,24+/m0/s1. The number of nitrogens with zero attached hydrogens (tertiary/aromatic N) is 1. The molecule has 8 heteroatoms. The lowest BCUT2D eigenvalue weighted by Crippen LogP contribution is -2.51. The van der Waals surface area contributed by atoms with Crippen molar-refractivity contribution in [2.24, 2.45) is 11.8 Å². The highest BCUT2D eigenvalue weighted by atomic mass is 16.5. The molecule has 2 saturated heterocycles. The van der Waals surface area contributed by atoms with Gasteiger partial charge in [0, 0.05) is 17.2 Å². The maximum Gasteiger partial charge on any atom is 0.241 e. The number of methoxy groups -OCH3 is 2. The highest BCUT2D eigenvalue weighted by molar-refractivity contribution is 6.37. The van der Waals surface area contributed by atoms with E-state index in [1.807, 2.05) is 19.1 Å². The summed E-state index contributed by atoms with van der Waals surface area (Å²) in [6.45, 7) is 1.92. The number of imide groups is 1. The molecule has 2 fully saturated rings. The molecule has 1 spiro atoms. The smallest absolute Gasteiger partial charge is 0.241 e. The Morgan fingerprint density at radius 2 is 1.46 bits per heavy atom. The van der Waals surface area contributed by atoms with E-state index in [0.717, 1.165) is 10.5 Å². The van der Waals surface area contributed by atoms with Crippen LogP contribution >= 0.6 is 0 Å². The average molecular weight is 498 g/mol. The van der Waals surface area contributed by atoms with Crippen molar-refractivity contribution in [3.8, 4) is 11.5 Å². The maximum absolute atomic E-state index is 14.1. The van der Waals surface area contributed by atoms with Gasteiger partial charge in [-0.25, -0.2) is 4.90 Å². The Morgan fingerprint density at radius 1 is 0.811 bits per heavy atom. The van der Waals surface area contributed by atoms with Gasteiger partial charge in [0.05, 0.1) is 37.8 Å². The fraction of sp³-hybridized carbons (Fsp3) is 0.241. The molecule has 0 unspecified atom stereocenters. The Bertz CT molecular complexity index is 1460. The van der Waals surface area contributed by atoms with E-state index in [4.69, 9.17) is 14.2 Å². The van der Waals surface area contributed by atoms with Crippen LogP contribution in [0.4, 0.5) is 5.69 Å². The second-order valence-electron chi connectivity index (χ2n) is 9.44. The SMILES string of the molecule is COc1ccc(OC)c(N2C(=O)[C@@H]3[C@@H](c4ccc(C)cc4)OC4(C(=O)c5ccccc5C4=O)[C@@H]3C2=O)c1. The highest BCUT2D eigenvalue weighted by Crippen LogP contribution is 2.58. The van der Waals surface area contributed by atoms with Crippen molar-refractivity contribution in [3.05, 3.63) is 89.0 Å². The molecule has 6 rings (SSSR count). The molecule has 3 aromatic rings. The van der Waals surface area contributed by atoms with Crippen LogP contribution in [0.3, 0.4) is 0 Å². The largest absolute Gasteiger partial charge is 0.497 e. The first-order chi connectivity index (χ1) is 17.8. The van der Waals surface area contributed by atoms with E-state index in [-0.39, 0.29) is 22.6 Å². The van der Waals surface area contributed by atoms with E-state index >= 15 is 0 Å². The Kier molecular flexibility index (Phi) is 5.07. The molecule has 1 aliphatic carbocycles. The van der Waals surface area contributed by atoms with Crippen molar-refractivity contribution in [2.75, 3.05) is 19.1 Å². The summed E-state index contributed by atoms with van der Waals surface area (Å²) in [7, 11) is 2.90. The first-order valence-corrected chi connectivity index (χ1v) is 11.9. The topological polar surface area (TPSA) is 99.2 Å². The van der Waals surface area contributed by atoms with Crippen LogP contribution in [0.2, 0.25) is 0 Å². The minimum atomic E-state index is -2.13. The van der Waals surface area contributed by atoms with E-state index in [2.05, 4.69) is 0 Å². The molecule has 8 nitrogen and oxygen atoms in total. The molecule has 0 bridgehead atoms. The van der Waals surface area contributed by atoms with Crippen molar-refractivity contribution in [1.29, 1.82) is 0 Å². The Labute approximate surface area is 212 Å². The van der Waals surface area contributed by atoms with Crippen molar-refractivity contribution in [2.45, 2.75) is 18.6 Å². The van der Waals surface area contributed by atoms with Gasteiger partial charge in [0.15, 0.2) is 0 Å². The van der Waals surface area contributed by atoms with E-state index in [1.54, 1.807) is 48.5 Å². The number of anilines is 1. The fourth-order valence-electron chi connectivity index (χ4n) is 5.78. The summed E-state index contributed by atoms with van der Waals surface area (Å²) >= 11 is 0. The number of ether oxygens (including phenoxy) is 3. The summed E-state index contributed by atoms with van der Waals surface area (Å²) in [5, 5.41) is 0. The van der Waals surface area contributed by atoms with Crippen LogP contribution < -0.4 is 14.4 Å². The predicted octanol–water partition coefficient (Wildman–Crippen LogP) is 3.71. The van der Waals surface area contributed by atoms with Crippen molar-refractivity contribution < 1.29 is 33.4 Å². The van der Waals surface area contributed by atoms with Gasteiger partial charge in [-0.1, -0.05) is 54.1 Å². The van der Waals surface area contributed by atoms with E-state index in [9.17, 15) is 19.2 Å². The van der Waals surface area contributed by atoms with Gasteiger partial charge in [0.25, 0.3) is 0 Å². The third kappa shape index (κ3) is 2.99. The van der Waals surface area contributed by atoms with Gasteiger partial charge >= 0.3 is 0 Å². The third-order valence-electron chi connectivity index (χ3n) is 7.55. The number of rotatable bonds is 4. The first kappa shape index (κ1) is 23.1. The maximum atomic E-state index is 14.1. The molecule has 3 atom stereocenters. The molecule has 3 aliphatic rings. The van der Waals surface area contributed by atoms with Crippen LogP contribution in [0.5, 0.6) is 11.5 Å². The van der Waals surface area contributed by atoms with Crippen LogP contribution in [0.25, 0.3) is 0 Å². The molecule has 0 aromatic heterocycles. The van der Waals surface area contributed by atoms with Crippen LogP contribution in [0.15, 0.2) is 66.7 Å². The van der Waals surface area contributed by atoms with Gasteiger partial charge in [0.2, 0.25) is 29.0 Å². The zero-order valence-corrected chi connectivity index (χ0v) is 20.4. The number of amides is 2. The van der Waals surface area contributed by atoms with E-state index in [0.29, 0.717) is 11.3 Å². The molecule has 0 radical (unpaired) electrons. The summed E-state index contributed by atoms with van der Waals surface area (Å²) in [4.78, 5) is 56.9. The number of hydrogen-bond donors (Lipinski definition) is 0. The first-order valence-electron chi connectivity index (χ1n) is 11.9. The van der Waals surface area contributed by atoms with Gasteiger partial charge in [-0.2, -0.15) is 0 Å². The van der Waals surface area contributed by atoms with Crippen LogP contribution in [0.1, 0.15) is 37.9 Å². The molecule has 37 heavy (non-hydrogen) atoms. The highest BCUT2D eigenvalue weighted by Gasteiger charge is 2.74. The van der Waals surface area contributed by atoms with Gasteiger partial charge in [-0.15, -0.1) is 0 Å². The van der Waals surface area contributed by atoms with E-state index in [1.165, 1.54) is 20.3 Å². The number of benzene rings is 3. The van der Waals surface area contributed by atoms with Crippen LogP contribution in [-0.4, -0.2) is 43.2 Å². The summed E-state index contributed by atoms with van der Waals surface area (Å²) < 4.78 is 17.1. The minimum Gasteiger partial charge on any atom is -0.497 e. The zero-order chi connectivity index (χ0) is 26.1. The Hall–Kier alpha value is -4.30. The molecule has 186 valence electrons. The average Bonchev–Trinajstić information content (AvgIpc) is 3.48. The fourth-order valence-corrected chi connectivity index (χ4v) is 5.78. The summed E-state index contributed by atoms with van der Waals surface area (Å²) in [6, 6.07) is 18.5. The lowest BCUT2D eigenvalue weighted by Gasteiger charge is -2.27. The number of carbonyl (C=O) groups is 4. The van der Waals surface area contributed by atoms with Gasteiger partial charge in [-0.05, 0) is 24.6 Å². The van der Waals surface area contributed by atoms with Gasteiger partial charge < -0.3 is 14.2 Å². The normalized spacial score (nSPS) is 23.5. The summed E-state index contributed by atoms with van der Waals surface area (Å²) in [5.74, 6) is -4.20. The molecule has 0 saturated carbocycles. The van der Waals surface area contributed by atoms with Crippen molar-refractivity contribution in [3.63, 3.8) is 0 Å². The van der Waals surface area contributed by atoms with Crippen LogP contribution in [-0.2, 0) is 14.3 Å². The monoisotopic (exact) mass is 497 g/mol. The Balaban J connectivity index is 1.55. The molecule has 0 N–H and O–H groups in total. The number of Topliss-reactive ketones (excluding diaryl/α,β-unsaturated/α-hetero) is 2. The predicted molar refractivity (Wildman–Crippen MR) is 132 cm³/mol. The number of carbonyl (C=O) groups excluding carboxylic acids is 4. The minimum absolute atomic E-state index is 0.180. The van der Waals surface area contributed by atoms with Crippen LogP contribution in [0, 0.1) is 18.8 Å². The van der Waals surface area contributed by atoms with E-state index < -0.39 is 46.9 Å². The molecule has 2 heterocycles. The second kappa shape index (κ2) is 8.11. The summed E-state index contributed by atoms with van der Waals surface area (Å²) in [5.41, 5.74) is 0.0263. The van der Waals surface area contributed by atoms with Gasteiger partial charge in [-0.3, -0.25) is 19.2 Å². The number of aryl methyl sites for hydroxylation is 1. The molecule has 2 aliphatic heterocycles.